The summed E-state index contributed by atoms with van der Waals surface area (Å²) in [6, 6.07) is 3.88. The van der Waals surface area contributed by atoms with Gasteiger partial charge in [-0.1, -0.05) is 54.0 Å². The number of thioether (sulfide) groups is 2. The molecule has 3 nitrogen and oxygen atoms in total. The second-order valence-corrected chi connectivity index (χ2v) is 8.52. The van der Waals surface area contributed by atoms with E-state index in [9.17, 15) is 5.11 Å². The fraction of sp³-hybridized carbons (Fsp3) is 0.467. The van der Waals surface area contributed by atoms with Crippen molar-refractivity contribution in [2.24, 2.45) is 0 Å². The number of phenolic OH excluding ortho intramolecular Hbond substituents is 1. The predicted octanol–water partition coefficient (Wildman–Crippen LogP) is 3.86. The molecule has 1 rings (SSSR count). The molecule has 0 aliphatic carbocycles. The molecule has 1 aromatic rings. The molecule has 0 heterocycles. The van der Waals surface area contributed by atoms with Crippen molar-refractivity contribution in [1.82, 2.24) is 9.80 Å². The smallest absolute Gasteiger partial charge is 0.136 e. The van der Waals surface area contributed by atoms with E-state index in [4.69, 9.17) is 24.4 Å². The third-order valence-electron chi connectivity index (χ3n) is 2.97. The maximum absolute atomic E-state index is 10.1. The minimum atomic E-state index is 0.329. The van der Waals surface area contributed by atoms with Crippen LogP contribution in [0.15, 0.2) is 12.1 Å². The summed E-state index contributed by atoms with van der Waals surface area (Å²) in [4.78, 5) is 3.83. The van der Waals surface area contributed by atoms with E-state index in [1.807, 2.05) is 51.0 Å². The fourth-order valence-electron chi connectivity index (χ4n) is 1.60. The third-order valence-corrected chi connectivity index (χ3v) is 6.54. The van der Waals surface area contributed by atoms with Crippen molar-refractivity contribution in [1.29, 1.82) is 0 Å². The van der Waals surface area contributed by atoms with Gasteiger partial charge in [0.1, 0.15) is 14.4 Å². The van der Waals surface area contributed by atoms with Crippen LogP contribution in [0.3, 0.4) is 0 Å². The van der Waals surface area contributed by atoms with Gasteiger partial charge in [0.05, 0.1) is 0 Å². The third kappa shape index (κ3) is 5.95. The Labute approximate surface area is 152 Å². The Balaban J connectivity index is 2.81. The molecule has 0 radical (unpaired) electrons. The number of hydrogen-bond donors (Lipinski definition) is 1. The van der Waals surface area contributed by atoms with Crippen molar-refractivity contribution in [3.63, 3.8) is 0 Å². The first-order chi connectivity index (χ1) is 10.2. The Morgan fingerprint density at radius 3 is 1.86 bits per heavy atom. The lowest BCUT2D eigenvalue weighted by molar-refractivity contribution is 0.470. The van der Waals surface area contributed by atoms with Crippen LogP contribution in [-0.4, -0.2) is 51.7 Å². The summed E-state index contributed by atoms with van der Waals surface area (Å²) in [5, 5.41) is 10.1. The van der Waals surface area contributed by atoms with E-state index in [0.717, 1.165) is 25.5 Å². The van der Waals surface area contributed by atoms with Crippen LogP contribution in [0.25, 0.3) is 0 Å². The molecule has 0 unspecified atom stereocenters. The van der Waals surface area contributed by atoms with Gasteiger partial charge in [0.15, 0.2) is 0 Å². The molecule has 1 N–H and O–H groups in total. The molecule has 22 heavy (non-hydrogen) atoms. The standard InChI is InChI=1S/C15H22N2OS4/c1-10-6-13(18)12(9-22-15(20)17(4)5)7-11(10)8-21-14(19)16(2)3/h6-7,18H,8-9H2,1-5H3. The van der Waals surface area contributed by atoms with E-state index in [0.29, 0.717) is 11.5 Å². The molecule has 0 bridgehead atoms. The highest BCUT2D eigenvalue weighted by molar-refractivity contribution is 8.22. The van der Waals surface area contributed by atoms with E-state index >= 15 is 0 Å². The maximum Gasteiger partial charge on any atom is 0.136 e. The molecule has 0 aliphatic rings. The highest BCUT2D eigenvalue weighted by atomic mass is 32.2. The second kappa shape index (κ2) is 8.96. The quantitative estimate of drug-likeness (QED) is 0.800. The zero-order valence-electron chi connectivity index (χ0n) is 13.5. The van der Waals surface area contributed by atoms with E-state index in [2.05, 4.69) is 6.07 Å². The summed E-state index contributed by atoms with van der Waals surface area (Å²) < 4.78 is 1.67. The van der Waals surface area contributed by atoms with Crippen molar-refractivity contribution in [2.45, 2.75) is 18.4 Å². The summed E-state index contributed by atoms with van der Waals surface area (Å²) in [5.74, 6) is 1.80. The average Bonchev–Trinajstić information content (AvgIpc) is 2.44. The number of thiocarbonyl (C=S) groups is 2. The first-order valence-corrected chi connectivity index (χ1v) is 9.50. The van der Waals surface area contributed by atoms with Crippen LogP contribution in [0.2, 0.25) is 0 Å². The molecule has 122 valence electrons. The lowest BCUT2D eigenvalue weighted by Gasteiger charge is -2.16. The number of phenols is 1. The zero-order chi connectivity index (χ0) is 16.9. The Bertz CT molecular complexity index is 513. The van der Waals surface area contributed by atoms with Gasteiger partial charge in [-0.3, -0.25) is 0 Å². The van der Waals surface area contributed by atoms with E-state index in [1.165, 1.54) is 5.56 Å². The van der Waals surface area contributed by atoms with Gasteiger partial charge in [-0.05, 0) is 24.1 Å². The lowest BCUT2D eigenvalue weighted by Crippen LogP contribution is -2.16. The number of benzene rings is 1. The van der Waals surface area contributed by atoms with Crippen LogP contribution in [0.1, 0.15) is 16.7 Å². The van der Waals surface area contributed by atoms with Crippen LogP contribution in [0.5, 0.6) is 5.75 Å². The van der Waals surface area contributed by atoms with Crippen LogP contribution >= 0.6 is 48.0 Å². The van der Waals surface area contributed by atoms with Crippen LogP contribution < -0.4 is 0 Å². The van der Waals surface area contributed by atoms with Gasteiger partial charge in [-0.15, -0.1) is 0 Å². The Morgan fingerprint density at radius 2 is 1.41 bits per heavy atom. The minimum Gasteiger partial charge on any atom is -0.508 e. The van der Waals surface area contributed by atoms with Crippen molar-refractivity contribution < 1.29 is 5.11 Å². The molecule has 0 saturated heterocycles. The number of rotatable bonds is 4. The number of aromatic hydroxyl groups is 1. The van der Waals surface area contributed by atoms with Gasteiger partial charge < -0.3 is 14.9 Å². The van der Waals surface area contributed by atoms with E-state index in [-0.39, 0.29) is 0 Å². The summed E-state index contributed by atoms with van der Waals surface area (Å²) in [5.41, 5.74) is 3.18. The molecule has 0 fully saturated rings. The van der Waals surface area contributed by atoms with Crippen molar-refractivity contribution in [2.75, 3.05) is 28.2 Å². The van der Waals surface area contributed by atoms with Crippen LogP contribution in [0, 0.1) is 6.92 Å². The van der Waals surface area contributed by atoms with Crippen LogP contribution in [0.4, 0.5) is 0 Å². The van der Waals surface area contributed by atoms with Crippen molar-refractivity contribution in [3.05, 3.63) is 28.8 Å². The largest absolute Gasteiger partial charge is 0.508 e. The first kappa shape index (κ1) is 19.5. The topological polar surface area (TPSA) is 26.7 Å². The molecular weight excluding hydrogens is 352 g/mol. The fourth-order valence-corrected chi connectivity index (χ4v) is 3.57. The van der Waals surface area contributed by atoms with Crippen molar-refractivity contribution in [3.8, 4) is 5.75 Å². The Kier molecular flexibility index (Phi) is 7.96. The monoisotopic (exact) mass is 374 g/mol. The van der Waals surface area contributed by atoms with Gasteiger partial charge in [0, 0.05) is 45.3 Å². The molecule has 0 spiro atoms. The van der Waals surface area contributed by atoms with E-state index < -0.39 is 0 Å². The summed E-state index contributed by atoms with van der Waals surface area (Å²) in [6.45, 7) is 2.01. The van der Waals surface area contributed by atoms with Gasteiger partial charge >= 0.3 is 0 Å². The molecule has 0 saturated carbocycles. The lowest BCUT2D eigenvalue weighted by atomic mass is 10.1. The summed E-state index contributed by atoms with van der Waals surface area (Å²) in [6.07, 6.45) is 0. The molecule has 1 aromatic carbocycles. The molecule has 7 heteroatoms. The normalized spacial score (nSPS) is 10.4. The van der Waals surface area contributed by atoms with Gasteiger partial charge in [0.2, 0.25) is 0 Å². The summed E-state index contributed by atoms with van der Waals surface area (Å²) >= 11 is 13.8. The minimum absolute atomic E-state index is 0.329. The first-order valence-electron chi connectivity index (χ1n) is 6.72. The van der Waals surface area contributed by atoms with Crippen LogP contribution in [-0.2, 0) is 11.5 Å². The molecule has 0 aliphatic heterocycles. The average molecular weight is 375 g/mol. The number of nitrogens with zero attached hydrogens (tertiary/aromatic N) is 2. The maximum atomic E-state index is 10.1. The van der Waals surface area contributed by atoms with Gasteiger partial charge in [-0.25, -0.2) is 0 Å². The zero-order valence-corrected chi connectivity index (χ0v) is 16.8. The van der Waals surface area contributed by atoms with Gasteiger partial charge in [0.25, 0.3) is 0 Å². The molecular formula is C15H22N2OS4. The highest BCUT2D eigenvalue weighted by Crippen LogP contribution is 2.29. The molecule has 0 atom stereocenters. The molecule has 0 amide bonds. The van der Waals surface area contributed by atoms with Crippen molar-refractivity contribution >= 4 is 56.6 Å². The predicted molar refractivity (Wildman–Crippen MR) is 108 cm³/mol. The molecule has 0 aromatic heterocycles. The van der Waals surface area contributed by atoms with Gasteiger partial charge in [-0.2, -0.15) is 0 Å². The Hall–Kier alpha value is -0.500. The summed E-state index contributed by atoms with van der Waals surface area (Å²) in [7, 11) is 7.75. The number of hydrogen-bond acceptors (Lipinski definition) is 5. The highest BCUT2D eigenvalue weighted by Gasteiger charge is 2.10. The SMILES string of the molecule is Cc1cc(O)c(CSC(=S)N(C)C)cc1CSC(=S)N(C)C. The number of aryl methyl sites for hydroxylation is 1. The second-order valence-electron chi connectivity index (χ2n) is 5.31. The van der Waals surface area contributed by atoms with E-state index in [1.54, 1.807) is 23.5 Å². The Morgan fingerprint density at radius 1 is 0.955 bits per heavy atom.